The van der Waals surface area contributed by atoms with Gasteiger partial charge in [-0.2, -0.15) is 0 Å². The molecule has 1 saturated heterocycles. The summed E-state index contributed by atoms with van der Waals surface area (Å²) in [5.74, 6) is -0.210. The van der Waals surface area contributed by atoms with Crippen molar-refractivity contribution in [1.82, 2.24) is 5.43 Å². The highest BCUT2D eigenvalue weighted by Gasteiger charge is 2.34. The predicted molar refractivity (Wildman–Crippen MR) is 134 cm³/mol. The van der Waals surface area contributed by atoms with E-state index in [0.29, 0.717) is 27.8 Å². The number of hydrogen-bond donors (Lipinski definition) is 1. The third-order valence-corrected chi connectivity index (χ3v) is 6.37. The lowest BCUT2D eigenvalue weighted by atomic mass is 10.1. The molecule has 1 aliphatic heterocycles. The van der Waals surface area contributed by atoms with Crippen LogP contribution in [0.3, 0.4) is 0 Å². The van der Waals surface area contributed by atoms with Crippen LogP contribution < -0.4 is 19.9 Å². The van der Waals surface area contributed by atoms with Crippen molar-refractivity contribution in [2.75, 3.05) is 12.1 Å². The minimum atomic E-state index is -0.501. The fourth-order valence-electron chi connectivity index (χ4n) is 3.23. The summed E-state index contributed by atoms with van der Waals surface area (Å²) in [6.07, 6.45) is 1.48. The van der Waals surface area contributed by atoms with Gasteiger partial charge >= 0.3 is 0 Å². The second-order valence-electron chi connectivity index (χ2n) is 7.03. The average Bonchev–Trinajstić information content (AvgIpc) is 3.08. The molecule has 0 aromatic heterocycles. The second kappa shape index (κ2) is 9.99. The summed E-state index contributed by atoms with van der Waals surface area (Å²) in [5, 5.41) is 1.50. The zero-order valence-electron chi connectivity index (χ0n) is 17.3. The number of para-hydroxylation sites is 1. The van der Waals surface area contributed by atoms with Crippen molar-refractivity contribution in [2.45, 2.75) is 6.61 Å². The summed E-state index contributed by atoms with van der Waals surface area (Å²) in [6, 6.07) is 17.9. The number of methoxy groups -OCH3 is 1. The van der Waals surface area contributed by atoms with E-state index in [1.54, 1.807) is 36.4 Å². The van der Waals surface area contributed by atoms with Crippen LogP contribution in [-0.4, -0.2) is 18.9 Å². The molecule has 1 fully saturated rings. The molecule has 3 aromatic rings. The van der Waals surface area contributed by atoms with Gasteiger partial charge in [0.1, 0.15) is 12.2 Å². The van der Waals surface area contributed by atoms with Crippen molar-refractivity contribution in [2.24, 2.45) is 0 Å². The number of carbonyl (C=O) groups excluding carboxylic acids is 2. The van der Waals surface area contributed by atoms with E-state index < -0.39 is 11.8 Å². The molecule has 1 N–H and O–H groups in total. The Morgan fingerprint density at radius 3 is 2.52 bits per heavy atom. The summed E-state index contributed by atoms with van der Waals surface area (Å²) in [6.45, 7) is 0.261. The lowest BCUT2D eigenvalue weighted by molar-refractivity contribution is -0.117. The third kappa shape index (κ3) is 5.08. The van der Waals surface area contributed by atoms with E-state index in [2.05, 4.69) is 37.3 Å². The minimum Gasteiger partial charge on any atom is -0.493 e. The highest BCUT2D eigenvalue weighted by Crippen LogP contribution is 2.38. The van der Waals surface area contributed by atoms with Gasteiger partial charge in [0.2, 0.25) is 0 Å². The van der Waals surface area contributed by atoms with Gasteiger partial charge < -0.3 is 9.47 Å². The Labute approximate surface area is 212 Å². The molecule has 4 rings (SSSR count). The molecule has 1 heterocycles. The first kappa shape index (κ1) is 23.4. The van der Waals surface area contributed by atoms with Gasteiger partial charge in [-0.3, -0.25) is 15.0 Å². The monoisotopic (exact) mass is 590 g/mol. The number of hydrogen-bond acceptors (Lipinski definition) is 4. The van der Waals surface area contributed by atoms with Gasteiger partial charge in [0.15, 0.2) is 11.5 Å². The van der Waals surface area contributed by atoms with Crippen molar-refractivity contribution in [3.8, 4) is 11.5 Å². The molecule has 6 nitrogen and oxygen atoms in total. The smallest absolute Gasteiger partial charge is 0.282 e. The number of halogens is 3. The summed E-state index contributed by atoms with van der Waals surface area (Å²) >= 11 is 13.4. The van der Waals surface area contributed by atoms with Gasteiger partial charge in [-0.15, -0.1) is 0 Å². The number of carbonyl (C=O) groups is 2. The number of nitrogens with one attached hydrogen (secondary N) is 1. The zero-order chi connectivity index (χ0) is 23.5. The van der Waals surface area contributed by atoms with E-state index in [1.165, 1.54) is 18.2 Å². The SMILES string of the molecule is COc1cc(/C=C2/C(=O)NN(c3ccccc3)C2=O)cc(Cl)c1OCc1ccc(Br)cc1Br. The number of ether oxygens (including phenoxy) is 2. The van der Waals surface area contributed by atoms with Crippen LogP contribution in [0.15, 0.2) is 75.2 Å². The molecule has 0 aliphatic carbocycles. The van der Waals surface area contributed by atoms with E-state index >= 15 is 0 Å². The predicted octanol–water partition coefficient (Wildman–Crippen LogP) is 5.91. The normalized spacial score (nSPS) is 14.5. The van der Waals surface area contributed by atoms with Crippen LogP contribution >= 0.6 is 43.5 Å². The van der Waals surface area contributed by atoms with Crippen molar-refractivity contribution < 1.29 is 19.1 Å². The molecule has 2 amide bonds. The highest BCUT2D eigenvalue weighted by atomic mass is 79.9. The number of amides is 2. The van der Waals surface area contributed by atoms with E-state index in [4.69, 9.17) is 21.1 Å². The molecule has 0 radical (unpaired) electrons. The van der Waals surface area contributed by atoms with Crippen molar-refractivity contribution >= 4 is 67.0 Å². The molecule has 9 heteroatoms. The number of rotatable bonds is 6. The molecule has 1 aliphatic rings. The van der Waals surface area contributed by atoms with E-state index in [0.717, 1.165) is 14.5 Å². The summed E-state index contributed by atoms with van der Waals surface area (Å²) in [4.78, 5) is 25.3. The maximum Gasteiger partial charge on any atom is 0.282 e. The molecular weight excluding hydrogens is 576 g/mol. The number of hydrazine groups is 1. The van der Waals surface area contributed by atoms with E-state index in [1.807, 2.05) is 24.3 Å². The van der Waals surface area contributed by atoms with Crippen LogP contribution in [-0.2, 0) is 16.2 Å². The quantitative estimate of drug-likeness (QED) is 0.285. The molecule has 3 aromatic carbocycles. The van der Waals surface area contributed by atoms with Gasteiger partial charge in [0, 0.05) is 14.5 Å². The van der Waals surface area contributed by atoms with E-state index in [9.17, 15) is 9.59 Å². The maximum atomic E-state index is 12.8. The summed E-state index contributed by atoms with van der Waals surface area (Å²) in [5.41, 5.74) is 4.59. The summed E-state index contributed by atoms with van der Waals surface area (Å²) < 4.78 is 13.2. The average molecular weight is 593 g/mol. The van der Waals surface area contributed by atoms with Gasteiger partial charge in [0.05, 0.1) is 17.8 Å². The van der Waals surface area contributed by atoms with Crippen LogP contribution in [0.4, 0.5) is 5.69 Å². The van der Waals surface area contributed by atoms with E-state index in [-0.39, 0.29) is 12.2 Å². The van der Waals surface area contributed by atoms with Gasteiger partial charge in [-0.05, 0) is 48.0 Å². The molecule has 0 atom stereocenters. The first-order valence-electron chi connectivity index (χ1n) is 9.74. The van der Waals surface area contributed by atoms with Crippen molar-refractivity contribution in [1.29, 1.82) is 0 Å². The lowest BCUT2D eigenvalue weighted by Crippen LogP contribution is -2.35. The molecule has 168 valence electrons. The lowest BCUT2D eigenvalue weighted by Gasteiger charge is -2.14. The van der Waals surface area contributed by atoms with Gasteiger partial charge in [-0.25, -0.2) is 5.01 Å². The zero-order valence-corrected chi connectivity index (χ0v) is 21.2. The molecule has 0 spiro atoms. The summed E-state index contributed by atoms with van der Waals surface area (Å²) in [7, 11) is 1.50. The van der Waals surface area contributed by atoms with Crippen molar-refractivity contribution in [3.05, 3.63) is 91.3 Å². The van der Waals surface area contributed by atoms with Crippen LogP contribution in [0.5, 0.6) is 11.5 Å². The first-order chi connectivity index (χ1) is 15.9. The molecule has 33 heavy (non-hydrogen) atoms. The Hall–Kier alpha value is -2.81. The molecular formula is C24H17Br2ClN2O4. The molecule has 0 saturated carbocycles. The fourth-order valence-corrected chi connectivity index (χ4v) is 4.67. The first-order valence-corrected chi connectivity index (χ1v) is 11.7. The van der Waals surface area contributed by atoms with Crippen LogP contribution in [0.2, 0.25) is 5.02 Å². The Morgan fingerprint density at radius 1 is 1.06 bits per heavy atom. The van der Waals surface area contributed by atoms with Crippen LogP contribution in [0, 0.1) is 0 Å². The fraction of sp³-hybridized carbons (Fsp3) is 0.0833. The standard InChI is InChI=1S/C24H17Br2ClN2O4/c1-32-21-11-14(9-18-23(30)28-29(24(18)31)17-5-3-2-4-6-17)10-20(27)22(21)33-13-15-7-8-16(25)12-19(15)26/h2-12H,13H2,1H3,(H,28,30)/b18-9-. The maximum absolute atomic E-state index is 12.8. The van der Waals surface area contributed by atoms with Gasteiger partial charge in [0.25, 0.3) is 11.8 Å². The molecule has 0 unspecified atom stereocenters. The Bertz CT molecular complexity index is 1260. The number of benzene rings is 3. The van der Waals surface area contributed by atoms with Crippen LogP contribution in [0.1, 0.15) is 11.1 Å². The van der Waals surface area contributed by atoms with Crippen LogP contribution in [0.25, 0.3) is 6.08 Å². The Balaban J connectivity index is 1.59. The largest absolute Gasteiger partial charge is 0.493 e. The number of anilines is 1. The van der Waals surface area contributed by atoms with Gasteiger partial charge in [-0.1, -0.05) is 67.7 Å². The number of nitrogens with zero attached hydrogens (tertiary/aromatic N) is 1. The Kier molecular flexibility index (Phi) is 7.07. The Morgan fingerprint density at radius 2 is 1.82 bits per heavy atom. The minimum absolute atomic E-state index is 0.00978. The highest BCUT2D eigenvalue weighted by molar-refractivity contribution is 9.11. The third-order valence-electron chi connectivity index (χ3n) is 4.86. The van der Waals surface area contributed by atoms with Crippen molar-refractivity contribution in [3.63, 3.8) is 0 Å². The molecule has 0 bridgehead atoms. The topological polar surface area (TPSA) is 67.9 Å². The second-order valence-corrected chi connectivity index (χ2v) is 9.21.